The summed E-state index contributed by atoms with van der Waals surface area (Å²) in [5.41, 5.74) is 6.97. The van der Waals surface area contributed by atoms with Crippen LogP contribution in [0.15, 0.2) is 24.3 Å². The standard InChI is InChI=1S/C14H22N2O2S2/c1-4-13(10(2)3)16-20(17,18)9-11-5-7-12(8-6-11)14(15)19/h5-8,10,13,16H,4,9H2,1-3H3,(H2,15,19). The molecule has 0 aliphatic heterocycles. The summed E-state index contributed by atoms with van der Waals surface area (Å²) in [6.45, 7) is 5.99. The number of hydrogen-bond donors (Lipinski definition) is 2. The van der Waals surface area contributed by atoms with Crippen LogP contribution in [-0.2, 0) is 15.8 Å². The van der Waals surface area contributed by atoms with Crippen LogP contribution >= 0.6 is 12.2 Å². The first-order valence-electron chi connectivity index (χ1n) is 6.64. The first-order valence-corrected chi connectivity index (χ1v) is 8.70. The van der Waals surface area contributed by atoms with E-state index in [0.29, 0.717) is 4.99 Å². The molecular formula is C14H22N2O2S2. The van der Waals surface area contributed by atoms with E-state index in [-0.39, 0.29) is 17.7 Å². The van der Waals surface area contributed by atoms with Crippen LogP contribution in [0.3, 0.4) is 0 Å². The monoisotopic (exact) mass is 314 g/mol. The number of hydrogen-bond acceptors (Lipinski definition) is 3. The van der Waals surface area contributed by atoms with E-state index in [1.165, 1.54) is 0 Å². The largest absolute Gasteiger partial charge is 0.389 e. The van der Waals surface area contributed by atoms with Crippen LogP contribution in [0.25, 0.3) is 0 Å². The fourth-order valence-corrected chi connectivity index (χ4v) is 3.70. The predicted octanol–water partition coefficient (Wildman–Crippen LogP) is 2.17. The van der Waals surface area contributed by atoms with E-state index in [1.807, 2.05) is 20.8 Å². The molecular weight excluding hydrogens is 292 g/mol. The topological polar surface area (TPSA) is 72.2 Å². The molecule has 0 amide bonds. The average molecular weight is 314 g/mol. The van der Waals surface area contributed by atoms with E-state index in [9.17, 15) is 8.42 Å². The Kier molecular flexibility index (Phi) is 6.10. The van der Waals surface area contributed by atoms with Gasteiger partial charge in [0.05, 0.1) is 5.75 Å². The fraction of sp³-hybridized carbons (Fsp3) is 0.500. The van der Waals surface area contributed by atoms with E-state index < -0.39 is 10.0 Å². The summed E-state index contributed by atoms with van der Waals surface area (Å²) in [5.74, 6) is 0.236. The summed E-state index contributed by atoms with van der Waals surface area (Å²) in [6, 6.07) is 6.93. The van der Waals surface area contributed by atoms with Crippen LogP contribution in [0.5, 0.6) is 0 Å². The molecule has 1 rings (SSSR count). The number of rotatable bonds is 7. The fourth-order valence-electron chi connectivity index (χ4n) is 1.95. The minimum atomic E-state index is -3.34. The molecule has 0 aliphatic carbocycles. The van der Waals surface area contributed by atoms with Crippen LogP contribution in [0, 0.1) is 5.92 Å². The lowest BCUT2D eigenvalue weighted by molar-refractivity contribution is 0.437. The van der Waals surface area contributed by atoms with Crippen molar-refractivity contribution in [1.82, 2.24) is 4.72 Å². The zero-order chi connectivity index (χ0) is 15.3. The molecule has 0 aromatic heterocycles. The van der Waals surface area contributed by atoms with Crippen LogP contribution < -0.4 is 10.5 Å². The van der Waals surface area contributed by atoms with Gasteiger partial charge >= 0.3 is 0 Å². The summed E-state index contributed by atoms with van der Waals surface area (Å²) in [5, 5.41) is 0. The number of nitrogens with one attached hydrogen (secondary N) is 1. The van der Waals surface area contributed by atoms with Gasteiger partial charge in [-0.2, -0.15) is 0 Å². The molecule has 112 valence electrons. The molecule has 3 N–H and O–H groups in total. The van der Waals surface area contributed by atoms with Crippen molar-refractivity contribution < 1.29 is 8.42 Å². The van der Waals surface area contributed by atoms with Gasteiger partial charge in [0.2, 0.25) is 10.0 Å². The summed E-state index contributed by atoms with van der Waals surface area (Å²) < 4.78 is 27.0. The Morgan fingerprint density at radius 1 is 1.30 bits per heavy atom. The van der Waals surface area contributed by atoms with Gasteiger partial charge in [0.1, 0.15) is 4.99 Å². The molecule has 4 nitrogen and oxygen atoms in total. The molecule has 6 heteroatoms. The molecule has 1 aromatic rings. The summed E-state index contributed by atoms with van der Waals surface area (Å²) >= 11 is 4.86. The van der Waals surface area contributed by atoms with Gasteiger partial charge in [-0.05, 0) is 17.9 Å². The second kappa shape index (κ2) is 7.15. The minimum absolute atomic E-state index is 0.0316. The van der Waals surface area contributed by atoms with Crippen LogP contribution in [0.2, 0.25) is 0 Å². The summed E-state index contributed by atoms with van der Waals surface area (Å²) in [4.78, 5) is 0.309. The lowest BCUT2D eigenvalue weighted by Gasteiger charge is -2.20. The predicted molar refractivity (Wildman–Crippen MR) is 87.0 cm³/mol. The summed E-state index contributed by atoms with van der Waals surface area (Å²) in [6.07, 6.45) is 0.775. The first-order chi connectivity index (χ1) is 9.25. The number of benzene rings is 1. The number of sulfonamides is 1. The maximum Gasteiger partial charge on any atom is 0.216 e. The van der Waals surface area contributed by atoms with E-state index >= 15 is 0 Å². The van der Waals surface area contributed by atoms with E-state index in [1.54, 1.807) is 24.3 Å². The van der Waals surface area contributed by atoms with Crippen LogP contribution in [0.4, 0.5) is 0 Å². The maximum atomic E-state index is 12.1. The normalized spacial score (nSPS) is 13.4. The Morgan fingerprint density at radius 2 is 1.85 bits per heavy atom. The van der Waals surface area contributed by atoms with Crippen molar-refractivity contribution in [3.05, 3.63) is 35.4 Å². The third kappa shape index (κ3) is 5.19. The van der Waals surface area contributed by atoms with Crippen molar-refractivity contribution in [2.75, 3.05) is 0 Å². The molecule has 0 spiro atoms. The molecule has 1 aromatic carbocycles. The number of nitrogens with two attached hydrogens (primary N) is 1. The molecule has 0 bridgehead atoms. The molecule has 0 aliphatic rings. The van der Waals surface area contributed by atoms with Gasteiger partial charge in [-0.25, -0.2) is 13.1 Å². The van der Waals surface area contributed by atoms with Gasteiger partial charge in [-0.1, -0.05) is 57.3 Å². The zero-order valence-electron chi connectivity index (χ0n) is 12.1. The second-order valence-electron chi connectivity index (χ2n) is 5.20. The van der Waals surface area contributed by atoms with Crippen molar-refractivity contribution in [2.45, 2.75) is 39.0 Å². The van der Waals surface area contributed by atoms with Gasteiger partial charge in [0.15, 0.2) is 0 Å². The van der Waals surface area contributed by atoms with E-state index in [0.717, 1.165) is 17.5 Å². The van der Waals surface area contributed by atoms with Gasteiger partial charge in [0, 0.05) is 11.6 Å². The maximum absolute atomic E-state index is 12.1. The third-order valence-corrected chi connectivity index (χ3v) is 4.78. The Bertz CT molecular complexity index is 551. The zero-order valence-corrected chi connectivity index (χ0v) is 13.7. The lowest BCUT2D eigenvalue weighted by Crippen LogP contribution is -2.38. The highest BCUT2D eigenvalue weighted by Crippen LogP contribution is 2.11. The van der Waals surface area contributed by atoms with Crippen molar-refractivity contribution in [2.24, 2.45) is 11.7 Å². The second-order valence-corrected chi connectivity index (χ2v) is 7.39. The van der Waals surface area contributed by atoms with Gasteiger partial charge in [-0.15, -0.1) is 0 Å². The molecule has 0 saturated carbocycles. The van der Waals surface area contributed by atoms with Crippen molar-refractivity contribution >= 4 is 27.2 Å². The van der Waals surface area contributed by atoms with Crippen molar-refractivity contribution in [1.29, 1.82) is 0 Å². The van der Waals surface area contributed by atoms with E-state index in [2.05, 4.69) is 4.72 Å². The highest BCUT2D eigenvalue weighted by atomic mass is 32.2. The third-order valence-electron chi connectivity index (χ3n) is 3.17. The van der Waals surface area contributed by atoms with Gasteiger partial charge < -0.3 is 5.73 Å². The van der Waals surface area contributed by atoms with Crippen molar-refractivity contribution in [3.63, 3.8) is 0 Å². The SMILES string of the molecule is CCC(NS(=O)(=O)Cc1ccc(C(N)=S)cc1)C(C)C. The highest BCUT2D eigenvalue weighted by molar-refractivity contribution is 7.88. The van der Waals surface area contributed by atoms with Gasteiger partial charge in [-0.3, -0.25) is 0 Å². The van der Waals surface area contributed by atoms with E-state index in [4.69, 9.17) is 18.0 Å². The molecule has 0 saturated heterocycles. The van der Waals surface area contributed by atoms with Crippen LogP contribution in [-0.4, -0.2) is 19.4 Å². The Balaban J connectivity index is 2.78. The Morgan fingerprint density at radius 3 is 2.25 bits per heavy atom. The Labute approximate surface area is 126 Å². The quantitative estimate of drug-likeness (QED) is 0.757. The molecule has 20 heavy (non-hydrogen) atoms. The number of thiocarbonyl (C=S) groups is 1. The molecule has 0 fully saturated rings. The highest BCUT2D eigenvalue weighted by Gasteiger charge is 2.19. The van der Waals surface area contributed by atoms with Crippen molar-refractivity contribution in [3.8, 4) is 0 Å². The lowest BCUT2D eigenvalue weighted by atomic mass is 10.0. The minimum Gasteiger partial charge on any atom is -0.389 e. The molecule has 0 heterocycles. The molecule has 0 radical (unpaired) electrons. The average Bonchev–Trinajstić information content (AvgIpc) is 2.35. The first kappa shape index (κ1) is 17.1. The molecule has 1 unspecified atom stereocenters. The summed E-state index contributed by atoms with van der Waals surface area (Å²) in [7, 11) is -3.34. The van der Waals surface area contributed by atoms with Gasteiger partial charge in [0.25, 0.3) is 0 Å². The molecule has 1 atom stereocenters. The smallest absolute Gasteiger partial charge is 0.216 e. The van der Waals surface area contributed by atoms with Crippen LogP contribution in [0.1, 0.15) is 38.3 Å². The Hall–Kier alpha value is -0.980.